The monoisotopic (exact) mass is 538 g/mol. The van der Waals surface area contributed by atoms with Crippen molar-refractivity contribution in [1.82, 2.24) is 0 Å². The van der Waals surface area contributed by atoms with E-state index in [1.807, 2.05) is 0 Å². The summed E-state index contributed by atoms with van der Waals surface area (Å²) in [6, 6.07) is 10.6. The number of nitrogens with one attached hydrogen (secondary N) is 1. The molecule has 0 aliphatic heterocycles. The largest absolute Gasteiger partial charge is 2.00 e. The summed E-state index contributed by atoms with van der Waals surface area (Å²) in [4.78, 5) is 11.6. The molecular formula is C29H42NOSiZr. The van der Waals surface area contributed by atoms with E-state index < -0.39 is 0 Å². The Morgan fingerprint density at radius 3 is 1.85 bits per heavy atom. The van der Waals surface area contributed by atoms with Gasteiger partial charge < -0.3 is 10.5 Å². The minimum atomic E-state index is -0.274. The van der Waals surface area contributed by atoms with Crippen molar-refractivity contribution < 1.29 is 31.0 Å². The van der Waals surface area contributed by atoms with Gasteiger partial charge in [0.25, 0.3) is 0 Å². The molecule has 0 aromatic heterocycles. The number of allylic oxidation sites excluding steroid dienone is 4. The number of hydrogen-bond donors (Lipinski definition) is 0. The summed E-state index contributed by atoms with van der Waals surface area (Å²) in [7, 11) is 0.511. The second-order valence-corrected chi connectivity index (χ2v) is 13.0. The van der Waals surface area contributed by atoms with Gasteiger partial charge in [0.15, 0.2) is 0 Å². The molecule has 4 saturated carbocycles. The molecule has 1 radical (unpaired) electrons. The molecule has 33 heavy (non-hydrogen) atoms. The summed E-state index contributed by atoms with van der Waals surface area (Å²) < 4.78 is 0. The summed E-state index contributed by atoms with van der Waals surface area (Å²) in [5.74, 6) is 1.01. The molecule has 4 heteroatoms. The van der Waals surface area contributed by atoms with E-state index in [-0.39, 0.29) is 37.5 Å². The van der Waals surface area contributed by atoms with E-state index in [1.54, 1.807) is 0 Å². The topological polar surface area (TPSA) is 40.9 Å². The molecule has 1 amide bonds. The van der Waals surface area contributed by atoms with Gasteiger partial charge in [0, 0.05) is 5.41 Å². The van der Waals surface area contributed by atoms with Gasteiger partial charge in [0.05, 0.1) is 15.4 Å². The van der Waals surface area contributed by atoms with Crippen LogP contribution in [0, 0.1) is 34.2 Å². The Labute approximate surface area is 224 Å². The Balaban J connectivity index is 0.000000186. The van der Waals surface area contributed by atoms with Crippen LogP contribution in [0.2, 0.25) is 6.55 Å². The smallest absolute Gasteiger partial charge is 0.667 e. The van der Waals surface area contributed by atoms with Crippen LogP contribution in [0.4, 0.5) is 0 Å². The maximum atomic E-state index is 11.6. The number of rotatable bonds is 2. The predicted octanol–water partition coefficient (Wildman–Crippen LogP) is 7.08. The Bertz CT molecular complexity index is 887. The van der Waals surface area contributed by atoms with Crippen molar-refractivity contribution in [2.45, 2.75) is 86.6 Å². The van der Waals surface area contributed by atoms with E-state index in [2.05, 4.69) is 84.5 Å². The van der Waals surface area contributed by atoms with Crippen LogP contribution >= 0.6 is 0 Å². The fourth-order valence-corrected chi connectivity index (χ4v) is 8.12. The summed E-state index contributed by atoms with van der Waals surface area (Å²) in [5.41, 5.74) is 12.3. The number of hydrogen-bond acceptors (Lipinski definition) is 1. The van der Waals surface area contributed by atoms with Crippen molar-refractivity contribution in [3.05, 3.63) is 58.9 Å². The van der Waals surface area contributed by atoms with Crippen LogP contribution in [0.1, 0.15) is 80.1 Å². The molecule has 1 N–H and O–H groups in total. The molecule has 5 aliphatic rings. The average molecular weight is 540 g/mol. The Kier molecular flexibility index (Phi) is 9.42. The zero-order valence-corrected chi connectivity index (χ0v) is 25.4. The van der Waals surface area contributed by atoms with E-state index in [9.17, 15) is 4.79 Å². The second-order valence-electron chi connectivity index (χ2n) is 11.7. The Morgan fingerprint density at radius 2 is 1.55 bits per heavy atom. The molecule has 0 spiro atoms. The number of carbonyl (C=O) groups excluding carboxylic acids is 1. The number of carbonyl (C=O) groups is 1. The van der Waals surface area contributed by atoms with Crippen LogP contribution in [0.15, 0.2) is 47.1 Å². The van der Waals surface area contributed by atoms with Gasteiger partial charge in [-0.3, -0.25) is 6.08 Å². The van der Waals surface area contributed by atoms with Crippen LogP contribution in [0.5, 0.6) is 0 Å². The van der Waals surface area contributed by atoms with Gasteiger partial charge in [-0.05, 0) is 55.3 Å². The third kappa shape index (κ3) is 6.49. The zero-order chi connectivity index (χ0) is 23.7. The van der Waals surface area contributed by atoms with Crippen molar-refractivity contribution in [3.8, 4) is 0 Å². The van der Waals surface area contributed by atoms with Gasteiger partial charge in [0.1, 0.15) is 0 Å². The van der Waals surface area contributed by atoms with Gasteiger partial charge >= 0.3 is 26.2 Å². The summed E-state index contributed by atoms with van der Waals surface area (Å²) in [6.07, 6.45) is 10.3. The van der Waals surface area contributed by atoms with Crippen LogP contribution < -0.4 is 5.19 Å². The first-order chi connectivity index (χ1) is 14.9. The van der Waals surface area contributed by atoms with E-state index in [0.717, 1.165) is 25.2 Å². The predicted molar refractivity (Wildman–Crippen MR) is 138 cm³/mol. The maximum absolute atomic E-state index is 11.6. The van der Waals surface area contributed by atoms with Gasteiger partial charge in [-0.1, -0.05) is 82.6 Å². The molecule has 6 rings (SSSR count). The molecule has 1 aromatic carbocycles. The third-order valence-electron chi connectivity index (χ3n) is 8.48. The van der Waals surface area contributed by atoms with E-state index in [0.29, 0.717) is 26.3 Å². The fourth-order valence-electron chi connectivity index (χ4n) is 7.51. The SMILES string of the molecule is CC12CC3CC(C)(C1)CC(C([NH-])=O)(C3)C2.CC1=[C-]C(C)C(C)=C1C.C[SiH]c1ccccc1.[Zr+2]. The van der Waals surface area contributed by atoms with Crippen LogP contribution in [-0.4, -0.2) is 15.4 Å². The third-order valence-corrected chi connectivity index (χ3v) is 9.53. The van der Waals surface area contributed by atoms with Crippen LogP contribution in [0.25, 0.3) is 5.73 Å². The van der Waals surface area contributed by atoms with Crippen LogP contribution in [0.3, 0.4) is 0 Å². The van der Waals surface area contributed by atoms with Crippen LogP contribution in [-0.2, 0) is 31.0 Å². The first-order valence-electron chi connectivity index (χ1n) is 12.3. The van der Waals surface area contributed by atoms with E-state index >= 15 is 0 Å². The van der Waals surface area contributed by atoms with Gasteiger partial charge in [0.2, 0.25) is 0 Å². The summed E-state index contributed by atoms with van der Waals surface area (Å²) >= 11 is 0. The minimum absolute atomic E-state index is 0. The van der Waals surface area contributed by atoms with Gasteiger partial charge in [-0.2, -0.15) is 11.1 Å². The number of amides is 1. The second kappa shape index (κ2) is 10.9. The summed E-state index contributed by atoms with van der Waals surface area (Å²) in [6.45, 7) is 15.6. The standard InChI is InChI=1S/C13H21NO.C9H13.C7H9Si.Zr/c1-11-3-9-4-12(2,6-11)8-13(5-9,7-11)10(14)15;1-6-5-7(2)9(4)8(6)3;1-8-7-5-3-2-4-6-7;/h9H,3-8H2,1-2H3,(H2,14,15);6H,1-4H3;2-6,8H,1H3;/q;-1;;+2/p-1. The zero-order valence-electron chi connectivity index (χ0n) is 21.8. The molecule has 0 saturated heterocycles. The molecule has 5 aliphatic carbocycles. The first-order valence-corrected chi connectivity index (χ1v) is 14.0. The van der Waals surface area contributed by atoms with Crippen molar-refractivity contribution in [1.29, 1.82) is 0 Å². The average Bonchev–Trinajstić information content (AvgIpc) is 2.92. The molecule has 0 heterocycles. The first kappa shape index (κ1) is 28.5. The number of benzene rings is 1. The van der Waals surface area contributed by atoms with Crippen molar-refractivity contribution >= 4 is 20.6 Å². The minimum Gasteiger partial charge on any atom is -0.667 e. The van der Waals surface area contributed by atoms with Crippen molar-refractivity contribution in [2.24, 2.45) is 28.1 Å². The molecular weight excluding hydrogens is 498 g/mol. The summed E-state index contributed by atoms with van der Waals surface area (Å²) in [5, 5.41) is 1.49. The molecule has 4 fully saturated rings. The molecule has 4 bridgehead atoms. The molecule has 2 nitrogen and oxygen atoms in total. The van der Waals surface area contributed by atoms with E-state index in [4.69, 9.17) is 5.73 Å². The van der Waals surface area contributed by atoms with E-state index in [1.165, 1.54) is 41.2 Å². The normalized spacial score (nSPS) is 35.5. The maximum Gasteiger partial charge on any atom is 2.00 e. The van der Waals surface area contributed by atoms with Crippen molar-refractivity contribution in [2.75, 3.05) is 0 Å². The molecule has 1 aromatic rings. The Hall–Kier alpha value is -0.730. The van der Waals surface area contributed by atoms with Gasteiger partial charge in [-0.25, -0.2) is 5.57 Å². The molecule has 3 unspecified atom stereocenters. The molecule has 3 atom stereocenters. The fraction of sp³-hybridized carbons (Fsp3) is 0.621. The quantitative estimate of drug-likeness (QED) is 0.292. The van der Waals surface area contributed by atoms with Gasteiger partial charge in [-0.15, -0.1) is 6.92 Å². The molecule has 177 valence electrons. The van der Waals surface area contributed by atoms with Crippen molar-refractivity contribution in [3.63, 3.8) is 0 Å². The Morgan fingerprint density at radius 1 is 1.00 bits per heavy atom.